The van der Waals surface area contributed by atoms with E-state index in [9.17, 15) is 14.4 Å². The van der Waals surface area contributed by atoms with Gasteiger partial charge in [0.1, 0.15) is 0 Å². The highest BCUT2D eigenvalue weighted by Crippen LogP contribution is 2.18. The summed E-state index contributed by atoms with van der Waals surface area (Å²) in [5.41, 5.74) is -0.981. The van der Waals surface area contributed by atoms with Gasteiger partial charge in [0.05, 0.1) is 5.69 Å². The van der Waals surface area contributed by atoms with Crippen LogP contribution in [0.5, 0.6) is 0 Å². The van der Waals surface area contributed by atoms with Crippen molar-refractivity contribution in [3.05, 3.63) is 56.0 Å². The molecule has 0 radical (unpaired) electrons. The van der Waals surface area contributed by atoms with Gasteiger partial charge in [-0.15, -0.1) is 0 Å². The fraction of sp³-hybridized carbons (Fsp3) is 0.400. The number of carbonyl (C=O) groups is 1. The molecule has 0 atom stereocenters. The van der Waals surface area contributed by atoms with Crippen molar-refractivity contribution in [3.63, 3.8) is 0 Å². The van der Waals surface area contributed by atoms with Crippen LogP contribution >= 0.6 is 11.6 Å². The SMILES string of the molecule is Cn1c(=O)c(-c2noc(CCC(=O)NC3CCCC3)n2)nn(-c2ccc(Cl)cc2)c1=O. The summed E-state index contributed by atoms with van der Waals surface area (Å²) in [6, 6.07) is 6.68. The first-order valence-electron chi connectivity index (χ1n) is 10.0. The monoisotopic (exact) mass is 444 g/mol. The summed E-state index contributed by atoms with van der Waals surface area (Å²) in [7, 11) is 1.34. The molecule has 1 fully saturated rings. The van der Waals surface area contributed by atoms with Gasteiger partial charge in [-0.3, -0.25) is 14.2 Å². The Balaban J connectivity index is 1.55. The second-order valence-corrected chi connectivity index (χ2v) is 7.88. The molecule has 3 aromatic rings. The van der Waals surface area contributed by atoms with E-state index in [0.29, 0.717) is 10.7 Å². The molecule has 0 spiro atoms. The van der Waals surface area contributed by atoms with E-state index in [1.165, 1.54) is 7.05 Å². The summed E-state index contributed by atoms with van der Waals surface area (Å²) in [5, 5.41) is 11.5. The lowest BCUT2D eigenvalue weighted by atomic mass is 10.2. The fourth-order valence-electron chi connectivity index (χ4n) is 3.51. The molecule has 2 heterocycles. The average molecular weight is 445 g/mol. The molecule has 1 aliphatic carbocycles. The largest absolute Gasteiger partial charge is 0.353 e. The Morgan fingerprint density at radius 2 is 1.94 bits per heavy atom. The Kier molecular flexibility index (Phi) is 5.99. The number of rotatable bonds is 6. The van der Waals surface area contributed by atoms with Crippen LogP contribution in [-0.4, -0.2) is 36.4 Å². The second kappa shape index (κ2) is 8.84. The van der Waals surface area contributed by atoms with E-state index in [1.54, 1.807) is 24.3 Å². The Labute approximate surface area is 181 Å². The maximum Gasteiger partial charge on any atom is 0.351 e. The van der Waals surface area contributed by atoms with Crippen molar-refractivity contribution in [2.75, 3.05) is 0 Å². The highest BCUT2D eigenvalue weighted by atomic mass is 35.5. The smallest absolute Gasteiger partial charge is 0.351 e. The topological polar surface area (TPSA) is 125 Å². The predicted molar refractivity (Wildman–Crippen MR) is 112 cm³/mol. The number of carbonyl (C=O) groups excluding carboxylic acids is 1. The van der Waals surface area contributed by atoms with Gasteiger partial charge in [-0.25, -0.2) is 4.79 Å². The molecule has 0 bridgehead atoms. The zero-order valence-corrected chi connectivity index (χ0v) is 17.6. The van der Waals surface area contributed by atoms with E-state index in [4.69, 9.17) is 16.1 Å². The molecular formula is C20H21ClN6O4. The lowest BCUT2D eigenvalue weighted by Gasteiger charge is -2.10. The average Bonchev–Trinajstić information content (AvgIpc) is 3.44. The number of aromatic nitrogens is 5. The molecule has 0 aliphatic heterocycles. The molecule has 11 heteroatoms. The first-order valence-corrected chi connectivity index (χ1v) is 10.4. The number of nitrogens with zero attached hydrogens (tertiary/aromatic N) is 5. The lowest BCUT2D eigenvalue weighted by molar-refractivity contribution is -0.121. The van der Waals surface area contributed by atoms with E-state index in [0.717, 1.165) is 34.9 Å². The van der Waals surface area contributed by atoms with Crippen LogP contribution in [0.4, 0.5) is 0 Å². The first-order chi connectivity index (χ1) is 14.9. The minimum Gasteiger partial charge on any atom is -0.353 e. The Morgan fingerprint density at radius 1 is 1.23 bits per heavy atom. The van der Waals surface area contributed by atoms with Gasteiger partial charge in [0.2, 0.25) is 17.6 Å². The summed E-state index contributed by atoms with van der Waals surface area (Å²) in [6.45, 7) is 0. The van der Waals surface area contributed by atoms with Crippen LogP contribution in [0.15, 0.2) is 38.4 Å². The van der Waals surface area contributed by atoms with Crippen molar-refractivity contribution in [2.24, 2.45) is 7.05 Å². The van der Waals surface area contributed by atoms with Gasteiger partial charge in [-0.2, -0.15) is 14.8 Å². The molecule has 31 heavy (non-hydrogen) atoms. The van der Waals surface area contributed by atoms with Crippen LogP contribution in [0.25, 0.3) is 17.2 Å². The number of nitrogens with one attached hydrogen (secondary N) is 1. The van der Waals surface area contributed by atoms with Gasteiger partial charge in [-0.05, 0) is 37.1 Å². The normalized spacial score (nSPS) is 14.1. The molecule has 10 nitrogen and oxygen atoms in total. The molecule has 1 N–H and O–H groups in total. The first kappa shape index (κ1) is 21.0. The van der Waals surface area contributed by atoms with Crippen molar-refractivity contribution >= 4 is 17.5 Å². The predicted octanol–water partition coefficient (Wildman–Crippen LogP) is 1.63. The van der Waals surface area contributed by atoms with E-state index in [1.807, 2.05) is 0 Å². The number of amides is 1. The number of hydrogen-bond donors (Lipinski definition) is 1. The van der Waals surface area contributed by atoms with Crippen molar-refractivity contribution in [3.8, 4) is 17.2 Å². The van der Waals surface area contributed by atoms with Crippen molar-refractivity contribution in [1.29, 1.82) is 0 Å². The molecule has 1 saturated carbocycles. The summed E-state index contributed by atoms with van der Waals surface area (Å²) in [5.74, 6) is 0.0937. The van der Waals surface area contributed by atoms with E-state index in [2.05, 4.69) is 20.6 Å². The number of benzene rings is 1. The number of hydrogen-bond acceptors (Lipinski definition) is 7. The van der Waals surface area contributed by atoms with Crippen molar-refractivity contribution in [2.45, 2.75) is 44.6 Å². The minimum absolute atomic E-state index is 0.0467. The zero-order chi connectivity index (χ0) is 22.0. The van der Waals surface area contributed by atoms with Gasteiger partial charge in [-0.1, -0.05) is 29.6 Å². The van der Waals surface area contributed by atoms with Crippen LogP contribution in [0.2, 0.25) is 5.02 Å². The van der Waals surface area contributed by atoms with E-state index in [-0.39, 0.29) is 42.2 Å². The van der Waals surface area contributed by atoms with E-state index >= 15 is 0 Å². The van der Waals surface area contributed by atoms with E-state index < -0.39 is 11.2 Å². The van der Waals surface area contributed by atoms with Crippen LogP contribution < -0.4 is 16.6 Å². The quantitative estimate of drug-likeness (QED) is 0.612. The molecule has 1 aromatic carbocycles. The summed E-state index contributed by atoms with van der Waals surface area (Å²) in [6.07, 6.45) is 4.73. The van der Waals surface area contributed by atoms with Crippen molar-refractivity contribution in [1.82, 2.24) is 29.8 Å². The molecular weight excluding hydrogens is 424 g/mol. The summed E-state index contributed by atoms with van der Waals surface area (Å²) in [4.78, 5) is 41.4. The van der Waals surface area contributed by atoms with Gasteiger partial charge < -0.3 is 9.84 Å². The van der Waals surface area contributed by atoms with Gasteiger partial charge >= 0.3 is 5.69 Å². The molecule has 1 amide bonds. The van der Waals surface area contributed by atoms with Crippen LogP contribution in [0.1, 0.15) is 38.0 Å². The summed E-state index contributed by atoms with van der Waals surface area (Å²) < 4.78 is 7.18. The number of halogens is 1. The third-order valence-corrected chi connectivity index (χ3v) is 5.46. The second-order valence-electron chi connectivity index (χ2n) is 7.44. The maximum atomic E-state index is 12.6. The maximum absolute atomic E-state index is 12.6. The highest BCUT2D eigenvalue weighted by Gasteiger charge is 2.20. The van der Waals surface area contributed by atoms with Crippen LogP contribution in [0, 0.1) is 0 Å². The van der Waals surface area contributed by atoms with Crippen LogP contribution in [-0.2, 0) is 18.3 Å². The van der Waals surface area contributed by atoms with Crippen molar-refractivity contribution < 1.29 is 9.32 Å². The Morgan fingerprint density at radius 3 is 2.65 bits per heavy atom. The van der Waals surface area contributed by atoms with Gasteiger partial charge in [0, 0.05) is 31.0 Å². The minimum atomic E-state index is -0.651. The molecule has 0 saturated heterocycles. The lowest BCUT2D eigenvalue weighted by Crippen LogP contribution is -2.40. The fourth-order valence-corrected chi connectivity index (χ4v) is 3.63. The third kappa shape index (κ3) is 4.58. The molecule has 0 unspecified atom stereocenters. The molecule has 1 aliphatic rings. The summed E-state index contributed by atoms with van der Waals surface area (Å²) >= 11 is 5.90. The molecule has 4 rings (SSSR count). The number of aryl methyl sites for hydroxylation is 1. The highest BCUT2D eigenvalue weighted by molar-refractivity contribution is 6.30. The zero-order valence-electron chi connectivity index (χ0n) is 16.9. The van der Waals surface area contributed by atoms with Gasteiger partial charge in [0.25, 0.3) is 5.56 Å². The Hall–Kier alpha value is -3.27. The standard InChI is InChI=1S/C20H21ClN6O4/c1-26-19(29)17(24-27(20(26)30)14-8-6-12(21)7-9-14)18-23-16(31-25-18)11-10-15(28)22-13-4-2-3-5-13/h6-9,13H,2-5,10-11H2,1H3,(H,22,28). The Bertz CT molecular complexity index is 1210. The molecule has 162 valence electrons. The molecule has 2 aromatic heterocycles. The van der Waals surface area contributed by atoms with Crippen LogP contribution in [0.3, 0.4) is 0 Å². The van der Waals surface area contributed by atoms with Gasteiger partial charge in [0.15, 0.2) is 5.69 Å². The third-order valence-electron chi connectivity index (χ3n) is 5.21.